The predicted molar refractivity (Wildman–Crippen MR) is 284 cm³/mol. The van der Waals surface area contributed by atoms with Crippen molar-refractivity contribution in [2.45, 2.75) is 229 Å². The fourth-order valence-corrected chi connectivity index (χ4v) is 7.90. The summed E-state index contributed by atoms with van der Waals surface area (Å²) in [5.41, 5.74) is 0. The topological polar surface area (TPSA) is 214 Å². The predicted octanol–water partition coefficient (Wildman–Crippen LogP) is 9.02. The minimum Gasteiger partial charge on any atom is -0.457 e. The van der Waals surface area contributed by atoms with E-state index in [-0.39, 0.29) is 19.6 Å². The minimum absolute atomic E-state index is 0.0266. The normalized spacial score (nSPS) is 25.9. The summed E-state index contributed by atoms with van der Waals surface area (Å²) in [7, 11) is 0. The number of allylic oxidation sites excluding steroid dienone is 16. The molecule has 2 aliphatic heterocycles. The summed E-state index contributed by atoms with van der Waals surface area (Å²) in [5.74, 6) is -0.406. The van der Waals surface area contributed by atoms with Crippen LogP contribution in [0, 0.1) is 0 Å². The van der Waals surface area contributed by atoms with Gasteiger partial charge in [-0.3, -0.25) is 4.79 Å². The lowest BCUT2D eigenvalue weighted by molar-refractivity contribution is -0.332. The fourth-order valence-electron chi connectivity index (χ4n) is 7.90. The molecular weight excluding hydrogens is 921 g/mol. The van der Waals surface area contributed by atoms with E-state index in [4.69, 9.17) is 28.4 Å². The molecule has 0 aliphatic carbocycles. The number of rotatable bonds is 42. The molecule has 11 atom stereocenters. The van der Waals surface area contributed by atoms with Gasteiger partial charge in [0.05, 0.1) is 26.4 Å². The van der Waals surface area contributed by atoms with Crippen LogP contribution in [0.1, 0.15) is 162 Å². The highest BCUT2D eigenvalue weighted by Crippen LogP contribution is 2.26. The van der Waals surface area contributed by atoms with Crippen molar-refractivity contribution in [2.24, 2.45) is 0 Å². The van der Waals surface area contributed by atoms with Gasteiger partial charge < -0.3 is 64.2 Å². The second kappa shape index (κ2) is 44.2. The van der Waals surface area contributed by atoms with Crippen molar-refractivity contribution in [2.75, 3.05) is 33.0 Å². The highest BCUT2D eigenvalue weighted by atomic mass is 16.7. The first-order valence-electron chi connectivity index (χ1n) is 27.3. The van der Waals surface area contributed by atoms with Gasteiger partial charge in [-0.1, -0.05) is 156 Å². The molecule has 0 aromatic carbocycles. The Bertz CT molecular complexity index is 1550. The molecular formula is C58H96O14. The third-order valence-corrected chi connectivity index (χ3v) is 12.3. The Morgan fingerprint density at radius 1 is 0.472 bits per heavy atom. The molecule has 0 saturated carbocycles. The molecule has 0 amide bonds. The molecule has 72 heavy (non-hydrogen) atoms. The SMILES string of the molecule is CC/C=C\C/C=C\C/C=C\C/C=C\C/C=C\C/C=C\CCCCCOCC(COC1OC(COC2OC(CO)C(O)C(O)C2O)C(O)C(O)C1O)OC(=O)CCCCCCC/C=C\C/C=C\CCCCCC. The van der Waals surface area contributed by atoms with E-state index in [0.717, 1.165) is 109 Å². The third kappa shape index (κ3) is 30.9. The lowest BCUT2D eigenvalue weighted by Crippen LogP contribution is -2.61. The van der Waals surface area contributed by atoms with Crippen LogP contribution >= 0.6 is 0 Å². The zero-order valence-corrected chi connectivity index (χ0v) is 43.9. The standard InChI is InChI=1S/C58H96O14/c1-3-5-7-9-11-13-15-17-19-21-22-23-24-25-26-28-30-32-34-36-38-40-42-67-44-47(70-50(60)41-39-37-35-33-31-29-27-20-18-16-14-12-10-8-6-4-2)45-68-57-56(66)54(64)52(62)49(72-57)46-69-58-55(65)53(63)51(61)48(43-59)71-58/h5,7,11,13-14,16-17,19-20,22-23,25-27,30,32,47-49,51-59,61-66H,3-4,6,8-10,12,15,18,21,24,28-29,31,33-46H2,1-2H3/b7-5-,13-11-,16-14-,19-17-,23-22-,26-25-,27-20-,32-30-. The van der Waals surface area contributed by atoms with E-state index in [1.165, 1.54) is 25.7 Å². The van der Waals surface area contributed by atoms with Gasteiger partial charge in [0.15, 0.2) is 12.6 Å². The van der Waals surface area contributed by atoms with Crippen LogP contribution in [0.3, 0.4) is 0 Å². The molecule has 2 aliphatic rings. The van der Waals surface area contributed by atoms with Crippen molar-refractivity contribution in [1.82, 2.24) is 0 Å². The van der Waals surface area contributed by atoms with Crippen molar-refractivity contribution < 1.29 is 69.0 Å². The molecule has 0 bridgehead atoms. The maximum absolute atomic E-state index is 13.0. The number of hydrogen-bond donors (Lipinski definition) is 7. The lowest BCUT2D eigenvalue weighted by Gasteiger charge is -2.42. The monoisotopic (exact) mass is 1020 g/mol. The third-order valence-electron chi connectivity index (χ3n) is 12.3. The minimum atomic E-state index is -1.72. The van der Waals surface area contributed by atoms with Crippen LogP contribution in [0.15, 0.2) is 97.2 Å². The molecule has 14 nitrogen and oxygen atoms in total. The summed E-state index contributed by atoms with van der Waals surface area (Å²) in [6.45, 7) is 3.43. The first kappa shape index (κ1) is 65.0. The van der Waals surface area contributed by atoms with Gasteiger partial charge in [0.2, 0.25) is 0 Å². The van der Waals surface area contributed by atoms with Crippen molar-refractivity contribution in [3.8, 4) is 0 Å². The van der Waals surface area contributed by atoms with E-state index in [9.17, 15) is 40.5 Å². The number of unbranched alkanes of at least 4 members (excludes halogenated alkanes) is 12. The second-order valence-corrected chi connectivity index (χ2v) is 18.7. The quantitative estimate of drug-likeness (QED) is 0.0173. The van der Waals surface area contributed by atoms with E-state index in [0.29, 0.717) is 13.0 Å². The summed E-state index contributed by atoms with van der Waals surface area (Å²) >= 11 is 0. The summed E-state index contributed by atoms with van der Waals surface area (Å²) in [6.07, 6.45) is 41.8. The van der Waals surface area contributed by atoms with Crippen LogP contribution in [-0.4, -0.2) is 142 Å². The molecule has 2 rings (SSSR count). The number of hydrogen-bond acceptors (Lipinski definition) is 14. The van der Waals surface area contributed by atoms with Gasteiger partial charge in [0, 0.05) is 13.0 Å². The molecule has 0 spiro atoms. The molecule has 2 heterocycles. The average molecular weight is 1020 g/mol. The van der Waals surface area contributed by atoms with Gasteiger partial charge in [-0.2, -0.15) is 0 Å². The summed E-state index contributed by atoms with van der Waals surface area (Å²) in [6, 6.07) is 0. The highest BCUT2D eigenvalue weighted by molar-refractivity contribution is 5.69. The van der Waals surface area contributed by atoms with Gasteiger partial charge in [-0.05, 0) is 96.3 Å². The molecule has 0 aromatic rings. The molecule has 0 radical (unpaired) electrons. The Morgan fingerprint density at radius 2 is 0.903 bits per heavy atom. The fraction of sp³-hybridized carbons (Fsp3) is 0.707. The number of carbonyl (C=O) groups excluding carboxylic acids is 1. The van der Waals surface area contributed by atoms with E-state index < -0.39 is 86.7 Å². The number of aliphatic hydroxyl groups is 7. The van der Waals surface area contributed by atoms with Crippen LogP contribution in [-0.2, 0) is 33.2 Å². The zero-order chi connectivity index (χ0) is 52.3. The van der Waals surface area contributed by atoms with Gasteiger partial charge >= 0.3 is 5.97 Å². The summed E-state index contributed by atoms with van der Waals surface area (Å²) < 4.78 is 34.3. The van der Waals surface area contributed by atoms with Crippen molar-refractivity contribution in [3.05, 3.63) is 97.2 Å². The Hall–Kier alpha value is -3.09. The molecule has 14 heteroatoms. The van der Waals surface area contributed by atoms with E-state index in [1.807, 2.05) is 0 Å². The van der Waals surface area contributed by atoms with Gasteiger partial charge in [0.25, 0.3) is 0 Å². The molecule has 7 N–H and O–H groups in total. The Labute approximate surface area is 432 Å². The van der Waals surface area contributed by atoms with Crippen molar-refractivity contribution >= 4 is 5.97 Å². The van der Waals surface area contributed by atoms with Crippen molar-refractivity contribution in [3.63, 3.8) is 0 Å². The maximum Gasteiger partial charge on any atom is 0.306 e. The second-order valence-electron chi connectivity index (χ2n) is 18.7. The van der Waals surface area contributed by atoms with Crippen LogP contribution in [0.5, 0.6) is 0 Å². The highest BCUT2D eigenvalue weighted by Gasteiger charge is 2.47. The van der Waals surface area contributed by atoms with Gasteiger partial charge in [0.1, 0.15) is 54.9 Å². The number of ether oxygens (including phenoxy) is 6. The average Bonchev–Trinajstić information content (AvgIpc) is 3.38. The van der Waals surface area contributed by atoms with E-state index in [2.05, 4.69) is 111 Å². The molecule has 2 saturated heterocycles. The molecule has 0 aromatic heterocycles. The van der Waals surface area contributed by atoms with Crippen LogP contribution in [0.25, 0.3) is 0 Å². The Kier molecular flexibility index (Phi) is 39.9. The zero-order valence-electron chi connectivity index (χ0n) is 43.9. The van der Waals surface area contributed by atoms with Gasteiger partial charge in [-0.15, -0.1) is 0 Å². The van der Waals surface area contributed by atoms with Crippen molar-refractivity contribution in [1.29, 1.82) is 0 Å². The Balaban J connectivity index is 1.77. The first-order chi connectivity index (χ1) is 35.1. The largest absolute Gasteiger partial charge is 0.457 e. The smallest absolute Gasteiger partial charge is 0.306 e. The van der Waals surface area contributed by atoms with Gasteiger partial charge in [-0.25, -0.2) is 0 Å². The summed E-state index contributed by atoms with van der Waals surface area (Å²) in [4.78, 5) is 13.0. The van der Waals surface area contributed by atoms with E-state index in [1.54, 1.807) is 0 Å². The van der Waals surface area contributed by atoms with Crippen LogP contribution in [0.4, 0.5) is 0 Å². The maximum atomic E-state index is 13.0. The molecule has 11 unspecified atom stereocenters. The van der Waals surface area contributed by atoms with Crippen LogP contribution < -0.4 is 0 Å². The van der Waals surface area contributed by atoms with Crippen LogP contribution in [0.2, 0.25) is 0 Å². The molecule has 412 valence electrons. The molecule has 2 fully saturated rings. The Morgan fingerprint density at radius 3 is 1.42 bits per heavy atom. The first-order valence-corrected chi connectivity index (χ1v) is 27.3. The number of esters is 1. The number of aliphatic hydroxyl groups excluding tert-OH is 7. The van der Waals surface area contributed by atoms with E-state index >= 15 is 0 Å². The number of carbonyl (C=O) groups is 1. The lowest BCUT2D eigenvalue weighted by atomic mass is 9.98. The summed E-state index contributed by atoms with van der Waals surface area (Å²) in [5, 5.41) is 72.2.